The number of amides is 3. The van der Waals surface area contributed by atoms with Crippen LogP contribution in [0.5, 0.6) is 0 Å². The summed E-state index contributed by atoms with van der Waals surface area (Å²) in [6.45, 7) is 19.0. The Balaban J connectivity index is 3.38. The number of nitrogens with zero attached hydrogens (tertiary/aromatic N) is 1. The van der Waals surface area contributed by atoms with Gasteiger partial charge in [0.1, 0.15) is 17.7 Å². The van der Waals surface area contributed by atoms with E-state index < -0.39 is 23.8 Å². The highest BCUT2D eigenvalue weighted by molar-refractivity contribution is 5.92. The summed E-state index contributed by atoms with van der Waals surface area (Å²) in [5.41, 5.74) is 0.850. The Labute approximate surface area is 205 Å². The molecular weight excluding hydrogens is 430 g/mol. The number of carbonyl (C=O) groups excluding carboxylic acids is 3. The van der Waals surface area contributed by atoms with Crippen molar-refractivity contribution in [2.24, 2.45) is 5.92 Å². The van der Waals surface area contributed by atoms with Crippen LogP contribution in [-0.4, -0.2) is 47.0 Å². The van der Waals surface area contributed by atoms with Crippen LogP contribution in [0.3, 0.4) is 0 Å². The molecule has 0 heterocycles. The Morgan fingerprint density at radius 3 is 2.26 bits per heavy atom. The zero-order chi connectivity index (χ0) is 26.1. The summed E-state index contributed by atoms with van der Waals surface area (Å²) < 4.78 is 5.37. The molecular formula is C27H43N3O4. The van der Waals surface area contributed by atoms with E-state index in [1.807, 2.05) is 52.0 Å². The second-order valence-electron chi connectivity index (χ2n) is 9.97. The fourth-order valence-corrected chi connectivity index (χ4v) is 3.75. The molecule has 7 nitrogen and oxygen atoms in total. The number of nitrogens with one attached hydrogen (secondary N) is 2. The summed E-state index contributed by atoms with van der Waals surface area (Å²) in [4.78, 5) is 41.2. The minimum Gasteiger partial charge on any atom is -0.444 e. The van der Waals surface area contributed by atoms with Crippen molar-refractivity contribution >= 4 is 24.0 Å². The van der Waals surface area contributed by atoms with Crippen LogP contribution in [-0.2, 0) is 14.3 Å². The molecule has 2 N–H and O–H groups in total. The zero-order valence-electron chi connectivity index (χ0n) is 22.1. The van der Waals surface area contributed by atoms with Gasteiger partial charge in [-0.15, -0.1) is 0 Å². The van der Waals surface area contributed by atoms with Gasteiger partial charge in [-0.25, -0.2) is 4.79 Å². The Kier molecular flexibility index (Phi) is 11.3. The van der Waals surface area contributed by atoms with Crippen LogP contribution in [0.25, 0.3) is 6.08 Å². The molecule has 0 aliphatic carbocycles. The number of carbonyl (C=O) groups is 3. The lowest BCUT2D eigenvalue weighted by atomic mass is 9.97. The number of ether oxygens (including phenoxy) is 1. The normalized spacial score (nSPS) is 14.0. The van der Waals surface area contributed by atoms with Gasteiger partial charge in [-0.1, -0.05) is 58.0 Å². The molecule has 0 spiro atoms. The molecule has 34 heavy (non-hydrogen) atoms. The summed E-state index contributed by atoms with van der Waals surface area (Å²) in [5.74, 6) is -0.802. The maximum absolute atomic E-state index is 13.8. The molecule has 1 aromatic rings. The van der Waals surface area contributed by atoms with Gasteiger partial charge in [0.15, 0.2) is 0 Å². The Hall–Kier alpha value is -2.83. The standard InChI is InChI=1S/C27H43N3O4/c1-10-14-19(6)28-24(31)23(21-16-13-15-20(11-2)17-21)30(12-3)25(32)22(18(4)5)29-26(33)34-27(7,8)9/h11,13,15-19,22-23H,2,10,12,14H2,1,3-9H3,(H,28,31)(H,29,33). The van der Waals surface area contributed by atoms with E-state index in [0.717, 1.165) is 18.4 Å². The lowest BCUT2D eigenvalue weighted by Gasteiger charge is -2.35. The van der Waals surface area contributed by atoms with Gasteiger partial charge in [0.2, 0.25) is 11.8 Å². The molecule has 0 aliphatic heterocycles. The van der Waals surface area contributed by atoms with Crippen LogP contribution in [0.1, 0.15) is 85.4 Å². The summed E-state index contributed by atoms with van der Waals surface area (Å²) in [5, 5.41) is 5.77. The topological polar surface area (TPSA) is 87.7 Å². The highest BCUT2D eigenvalue weighted by atomic mass is 16.6. The predicted octanol–water partition coefficient (Wildman–Crippen LogP) is 5.07. The van der Waals surface area contributed by atoms with Crippen molar-refractivity contribution in [2.75, 3.05) is 6.54 Å². The van der Waals surface area contributed by atoms with Crippen LogP contribution in [0, 0.1) is 5.92 Å². The Morgan fingerprint density at radius 2 is 1.76 bits per heavy atom. The third-order valence-electron chi connectivity index (χ3n) is 5.36. The van der Waals surface area contributed by atoms with Crippen molar-refractivity contribution in [2.45, 2.75) is 92.0 Å². The average molecular weight is 474 g/mol. The molecule has 1 rings (SSSR count). The van der Waals surface area contributed by atoms with Crippen LogP contribution in [0.2, 0.25) is 0 Å². The van der Waals surface area contributed by atoms with E-state index in [-0.39, 0.29) is 30.3 Å². The van der Waals surface area contributed by atoms with Crippen molar-refractivity contribution in [3.05, 3.63) is 42.0 Å². The quantitative estimate of drug-likeness (QED) is 0.469. The molecule has 190 valence electrons. The van der Waals surface area contributed by atoms with Crippen LogP contribution in [0.15, 0.2) is 30.8 Å². The number of hydrogen-bond acceptors (Lipinski definition) is 4. The second kappa shape index (κ2) is 13.2. The van der Waals surface area contributed by atoms with E-state index in [4.69, 9.17) is 4.74 Å². The minimum absolute atomic E-state index is 0.0304. The number of likely N-dealkylation sites (N-methyl/N-ethyl adjacent to an activating group) is 1. The molecule has 0 fully saturated rings. The van der Waals surface area contributed by atoms with Gasteiger partial charge in [0.25, 0.3) is 0 Å². The number of rotatable bonds is 11. The minimum atomic E-state index is -0.849. The molecule has 0 radical (unpaired) electrons. The highest BCUT2D eigenvalue weighted by Crippen LogP contribution is 2.25. The monoisotopic (exact) mass is 473 g/mol. The molecule has 0 saturated heterocycles. The first-order valence-electron chi connectivity index (χ1n) is 12.2. The van der Waals surface area contributed by atoms with Crippen molar-refractivity contribution < 1.29 is 19.1 Å². The first kappa shape index (κ1) is 29.2. The Morgan fingerprint density at radius 1 is 1.12 bits per heavy atom. The summed E-state index contributed by atoms with van der Waals surface area (Å²) in [6, 6.07) is 5.72. The SMILES string of the molecule is C=Cc1cccc(C(C(=O)NC(C)CCC)N(CC)C(=O)C(NC(=O)OC(C)(C)C)C(C)C)c1. The van der Waals surface area contributed by atoms with Crippen LogP contribution >= 0.6 is 0 Å². The number of alkyl carbamates (subject to hydrolysis) is 1. The molecule has 0 saturated carbocycles. The molecule has 7 heteroatoms. The van der Waals surface area contributed by atoms with E-state index in [2.05, 4.69) is 24.1 Å². The van der Waals surface area contributed by atoms with E-state index in [9.17, 15) is 14.4 Å². The van der Waals surface area contributed by atoms with E-state index in [1.54, 1.807) is 26.8 Å². The maximum Gasteiger partial charge on any atom is 0.408 e. The van der Waals surface area contributed by atoms with Gasteiger partial charge in [-0.2, -0.15) is 0 Å². The van der Waals surface area contributed by atoms with E-state index in [0.29, 0.717) is 5.56 Å². The zero-order valence-corrected chi connectivity index (χ0v) is 22.1. The molecule has 0 aromatic heterocycles. The Bertz CT molecular complexity index is 845. The van der Waals surface area contributed by atoms with E-state index in [1.165, 1.54) is 4.90 Å². The van der Waals surface area contributed by atoms with Crippen molar-refractivity contribution in [3.8, 4) is 0 Å². The van der Waals surface area contributed by atoms with Gasteiger partial charge in [0, 0.05) is 12.6 Å². The largest absolute Gasteiger partial charge is 0.444 e. The summed E-state index contributed by atoms with van der Waals surface area (Å²) in [6.07, 6.45) is 2.81. The summed E-state index contributed by atoms with van der Waals surface area (Å²) >= 11 is 0. The van der Waals surface area contributed by atoms with Gasteiger partial charge < -0.3 is 20.3 Å². The fraction of sp³-hybridized carbons (Fsp3) is 0.593. The van der Waals surface area contributed by atoms with Crippen molar-refractivity contribution in [3.63, 3.8) is 0 Å². The highest BCUT2D eigenvalue weighted by Gasteiger charge is 2.37. The smallest absolute Gasteiger partial charge is 0.408 e. The number of benzene rings is 1. The lowest BCUT2D eigenvalue weighted by molar-refractivity contribution is -0.143. The fourth-order valence-electron chi connectivity index (χ4n) is 3.75. The van der Waals surface area contributed by atoms with E-state index >= 15 is 0 Å². The van der Waals surface area contributed by atoms with Crippen LogP contribution in [0.4, 0.5) is 4.79 Å². The van der Waals surface area contributed by atoms with Crippen molar-refractivity contribution in [1.29, 1.82) is 0 Å². The van der Waals surface area contributed by atoms with Gasteiger partial charge >= 0.3 is 6.09 Å². The second-order valence-corrected chi connectivity index (χ2v) is 9.97. The molecule has 3 atom stereocenters. The van der Waals surface area contributed by atoms with Gasteiger partial charge in [-0.3, -0.25) is 9.59 Å². The maximum atomic E-state index is 13.8. The first-order chi connectivity index (χ1) is 15.8. The third-order valence-corrected chi connectivity index (χ3v) is 5.36. The van der Waals surface area contributed by atoms with Crippen molar-refractivity contribution in [1.82, 2.24) is 15.5 Å². The predicted molar refractivity (Wildman–Crippen MR) is 137 cm³/mol. The lowest BCUT2D eigenvalue weighted by Crippen LogP contribution is -2.55. The first-order valence-corrected chi connectivity index (χ1v) is 12.2. The average Bonchev–Trinajstić information content (AvgIpc) is 2.73. The molecule has 0 aliphatic rings. The third kappa shape index (κ3) is 8.84. The molecule has 3 unspecified atom stereocenters. The van der Waals surface area contributed by atoms with Gasteiger partial charge in [-0.05, 0) is 64.2 Å². The molecule has 3 amide bonds. The molecule has 0 bridgehead atoms. The van der Waals surface area contributed by atoms with Crippen LogP contribution < -0.4 is 10.6 Å². The van der Waals surface area contributed by atoms with Gasteiger partial charge in [0.05, 0.1) is 0 Å². The number of hydrogen-bond donors (Lipinski definition) is 2. The molecule has 1 aromatic carbocycles. The summed E-state index contributed by atoms with van der Waals surface area (Å²) in [7, 11) is 0.